The van der Waals surface area contributed by atoms with Gasteiger partial charge in [0.15, 0.2) is 0 Å². The molecule has 4 heteroatoms. The molecular weight excluding hydrogens is 320 g/mol. The van der Waals surface area contributed by atoms with Gasteiger partial charge in [-0.1, -0.05) is 47.4 Å². The average Bonchev–Trinajstić information content (AvgIpc) is 2.40. The molecule has 0 aromatic heterocycles. The molecule has 0 bridgehead atoms. The first-order chi connectivity index (χ1) is 9.13. The maximum absolute atomic E-state index is 5.88. The van der Waals surface area contributed by atoms with Crippen molar-refractivity contribution in [1.29, 1.82) is 0 Å². The van der Waals surface area contributed by atoms with E-state index < -0.39 is 0 Å². The first kappa shape index (κ1) is 14.8. The molecule has 0 saturated heterocycles. The Labute approximate surface area is 129 Å². The van der Waals surface area contributed by atoms with Crippen molar-refractivity contribution in [2.45, 2.75) is 45.1 Å². The Bertz CT molecular complexity index is 455. The van der Waals surface area contributed by atoms with Crippen molar-refractivity contribution in [3.8, 4) is 0 Å². The molecule has 2 nitrogen and oxygen atoms in total. The molecule has 1 saturated carbocycles. The highest BCUT2D eigenvalue weighted by Gasteiger charge is 2.22. The van der Waals surface area contributed by atoms with E-state index in [9.17, 15) is 0 Å². The molecule has 0 heterocycles. The zero-order chi connectivity index (χ0) is 13.8. The molecule has 2 N–H and O–H groups in total. The fourth-order valence-corrected chi connectivity index (χ4v) is 3.49. The van der Waals surface area contributed by atoms with Crippen LogP contribution >= 0.6 is 28.1 Å². The number of nitrogens with two attached hydrogens (primary N) is 1. The van der Waals surface area contributed by atoms with Crippen LogP contribution in [0.25, 0.3) is 0 Å². The van der Waals surface area contributed by atoms with E-state index >= 15 is 0 Å². The Morgan fingerprint density at radius 2 is 2.05 bits per heavy atom. The zero-order valence-corrected chi connectivity index (χ0v) is 13.8. The Kier molecular flexibility index (Phi) is 5.22. The second-order valence-electron chi connectivity index (χ2n) is 5.10. The lowest BCUT2D eigenvalue weighted by Gasteiger charge is -2.36. The molecule has 104 valence electrons. The summed E-state index contributed by atoms with van der Waals surface area (Å²) in [5.41, 5.74) is 8.04. The highest BCUT2D eigenvalue weighted by atomic mass is 79.9. The van der Waals surface area contributed by atoms with E-state index in [1.54, 1.807) is 0 Å². The molecule has 0 amide bonds. The van der Waals surface area contributed by atoms with E-state index in [1.807, 2.05) is 12.1 Å². The summed E-state index contributed by atoms with van der Waals surface area (Å²) in [7, 11) is 0. The third-order valence-corrected chi connectivity index (χ3v) is 4.60. The summed E-state index contributed by atoms with van der Waals surface area (Å²) in [5, 5.41) is 0. The van der Waals surface area contributed by atoms with E-state index in [1.165, 1.54) is 37.8 Å². The number of rotatable bonds is 4. The van der Waals surface area contributed by atoms with E-state index in [4.69, 9.17) is 18.0 Å². The molecule has 1 aromatic carbocycles. The standard InChI is InChI=1S/C15H21BrN2S/c1-2-18(12-6-4-3-5-7-12)14-10-11(16)8-9-13(14)15(17)19/h8-10,12H,2-7H2,1H3,(H2,17,19). The predicted octanol–water partition coefficient (Wildman–Crippen LogP) is 4.24. The van der Waals surface area contributed by atoms with Crippen molar-refractivity contribution < 1.29 is 0 Å². The van der Waals surface area contributed by atoms with Crippen molar-refractivity contribution in [2.24, 2.45) is 5.73 Å². The third-order valence-electron chi connectivity index (χ3n) is 3.89. The lowest BCUT2D eigenvalue weighted by atomic mass is 9.93. The topological polar surface area (TPSA) is 29.3 Å². The summed E-state index contributed by atoms with van der Waals surface area (Å²) in [4.78, 5) is 2.95. The van der Waals surface area contributed by atoms with E-state index in [-0.39, 0.29) is 0 Å². The van der Waals surface area contributed by atoms with Crippen molar-refractivity contribution in [2.75, 3.05) is 11.4 Å². The van der Waals surface area contributed by atoms with Crippen molar-refractivity contribution >= 4 is 38.8 Å². The summed E-state index contributed by atoms with van der Waals surface area (Å²) in [5.74, 6) is 0. The van der Waals surface area contributed by atoms with Crippen LogP contribution in [0.2, 0.25) is 0 Å². The van der Waals surface area contributed by atoms with Gasteiger partial charge < -0.3 is 10.6 Å². The number of hydrogen-bond acceptors (Lipinski definition) is 2. The molecule has 0 radical (unpaired) electrons. The smallest absolute Gasteiger partial charge is 0.106 e. The van der Waals surface area contributed by atoms with E-state index in [0.29, 0.717) is 11.0 Å². The SMILES string of the molecule is CCN(c1cc(Br)ccc1C(N)=S)C1CCCCC1. The van der Waals surface area contributed by atoms with Crippen LogP contribution < -0.4 is 10.6 Å². The molecule has 0 atom stereocenters. The quantitative estimate of drug-likeness (QED) is 0.831. The molecular formula is C15H21BrN2S. The van der Waals surface area contributed by atoms with Gasteiger partial charge in [-0.15, -0.1) is 0 Å². The maximum atomic E-state index is 5.88. The van der Waals surface area contributed by atoms with Gasteiger partial charge in [-0.2, -0.15) is 0 Å². The zero-order valence-electron chi connectivity index (χ0n) is 11.4. The minimum Gasteiger partial charge on any atom is -0.389 e. The minimum atomic E-state index is 0.483. The highest BCUT2D eigenvalue weighted by Crippen LogP contribution is 2.31. The molecule has 1 fully saturated rings. The normalized spacial score (nSPS) is 16.3. The van der Waals surface area contributed by atoms with Crippen LogP contribution in [-0.2, 0) is 0 Å². The highest BCUT2D eigenvalue weighted by molar-refractivity contribution is 9.10. The first-order valence-corrected chi connectivity index (χ1v) is 8.19. The first-order valence-electron chi connectivity index (χ1n) is 6.99. The van der Waals surface area contributed by atoms with Gasteiger partial charge in [0.1, 0.15) is 4.99 Å². The molecule has 19 heavy (non-hydrogen) atoms. The number of thiocarbonyl (C=S) groups is 1. The summed E-state index contributed by atoms with van der Waals surface area (Å²) in [6.45, 7) is 3.20. The van der Waals surface area contributed by atoms with Crippen LogP contribution in [0.5, 0.6) is 0 Å². The summed E-state index contributed by atoms with van der Waals surface area (Å²) >= 11 is 8.75. The van der Waals surface area contributed by atoms with Gasteiger partial charge in [-0.3, -0.25) is 0 Å². The van der Waals surface area contributed by atoms with Gasteiger partial charge in [0, 0.05) is 28.3 Å². The Balaban J connectivity index is 2.35. The van der Waals surface area contributed by atoms with Gasteiger partial charge in [0.25, 0.3) is 0 Å². The van der Waals surface area contributed by atoms with E-state index in [0.717, 1.165) is 16.6 Å². The van der Waals surface area contributed by atoms with Crippen LogP contribution in [0, 0.1) is 0 Å². The molecule has 0 aliphatic heterocycles. The summed E-state index contributed by atoms with van der Waals surface area (Å²) in [6.07, 6.45) is 6.58. The van der Waals surface area contributed by atoms with Crippen molar-refractivity contribution in [3.63, 3.8) is 0 Å². The number of halogens is 1. The van der Waals surface area contributed by atoms with Crippen molar-refractivity contribution in [1.82, 2.24) is 0 Å². The lowest BCUT2D eigenvalue weighted by Crippen LogP contribution is -2.38. The molecule has 1 aromatic rings. The van der Waals surface area contributed by atoms with Crippen LogP contribution in [0.3, 0.4) is 0 Å². The van der Waals surface area contributed by atoms with Gasteiger partial charge in [-0.25, -0.2) is 0 Å². The molecule has 0 spiro atoms. The third kappa shape index (κ3) is 3.48. The van der Waals surface area contributed by atoms with Gasteiger partial charge >= 0.3 is 0 Å². The van der Waals surface area contributed by atoms with Crippen molar-refractivity contribution in [3.05, 3.63) is 28.2 Å². The monoisotopic (exact) mass is 340 g/mol. The summed E-state index contributed by atoms with van der Waals surface area (Å²) in [6, 6.07) is 6.80. The Hall–Kier alpha value is -0.610. The van der Waals surface area contributed by atoms with Crippen LogP contribution in [0.1, 0.15) is 44.6 Å². The molecule has 2 rings (SSSR count). The molecule has 0 unspecified atom stereocenters. The Morgan fingerprint density at radius 1 is 1.37 bits per heavy atom. The van der Waals surface area contributed by atoms with Gasteiger partial charge in [-0.05, 0) is 38.0 Å². The summed E-state index contributed by atoms with van der Waals surface area (Å²) < 4.78 is 1.08. The number of anilines is 1. The Morgan fingerprint density at radius 3 is 2.63 bits per heavy atom. The fraction of sp³-hybridized carbons (Fsp3) is 0.533. The number of hydrogen-bond donors (Lipinski definition) is 1. The average molecular weight is 341 g/mol. The van der Waals surface area contributed by atoms with Crippen LogP contribution in [0.4, 0.5) is 5.69 Å². The van der Waals surface area contributed by atoms with Gasteiger partial charge in [0.05, 0.1) is 0 Å². The fourth-order valence-electron chi connectivity index (χ4n) is 2.97. The number of nitrogens with zero attached hydrogens (tertiary/aromatic N) is 1. The molecule has 1 aliphatic carbocycles. The van der Waals surface area contributed by atoms with E-state index in [2.05, 4.69) is 33.8 Å². The molecule has 1 aliphatic rings. The minimum absolute atomic E-state index is 0.483. The predicted molar refractivity (Wildman–Crippen MR) is 89.9 cm³/mol. The largest absolute Gasteiger partial charge is 0.389 e. The lowest BCUT2D eigenvalue weighted by molar-refractivity contribution is 0.418. The number of benzene rings is 1. The maximum Gasteiger partial charge on any atom is 0.106 e. The second-order valence-corrected chi connectivity index (χ2v) is 6.46. The van der Waals surface area contributed by atoms with Crippen LogP contribution in [0.15, 0.2) is 22.7 Å². The van der Waals surface area contributed by atoms with Crippen LogP contribution in [-0.4, -0.2) is 17.6 Å². The van der Waals surface area contributed by atoms with Gasteiger partial charge in [0.2, 0.25) is 0 Å². The second kappa shape index (κ2) is 6.71.